The molecule has 5 atom stereocenters. The van der Waals surface area contributed by atoms with E-state index in [2.05, 4.69) is 9.97 Å². The van der Waals surface area contributed by atoms with E-state index in [1.807, 2.05) is 6.92 Å². The molecule has 3 rings (SSSR count). The van der Waals surface area contributed by atoms with E-state index in [9.17, 15) is 9.90 Å². The number of ether oxygens (including phenoxy) is 1. The molecular weight excluding hydrogens is 280 g/mol. The molecule has 2 aliphatic carbocycles. The molecule has 0 amide bonds. The van der Waals surface area contributed by atoms with Crippen molar-refractivity contribution in [3.05, 3.63) is 24.3 Å². The molecule has 1 N–H and O–H groups in total. The van der Waals surface area contributed by atoms with Crippen LogP contribution >= 0.6 is 0 Å². The molecule has 1 heterocycles. The molecule has 0 spiro atoms. The molecule has 2 saturated carbocycles. The van der Waals surface area contributed by atoms with Gasteiger partial charge in [-0.3, -0.25) is 14.8 Å². The quantitative estimate of drug-likeness (QED) is 0.863. The Bertz CT molecular complexity index is 490. The topological polar surface area (TPSA) is 72.3 Å². The van der Waals surface area contributed by atoms with Gasteiger partial charge in [0, 0.05) is 25.0 Å². The van der Waals surface area contributed by atoms with Crippen LogP contribution in [0.4, 0.5) is 0 Å². The number of fused-ring (bicyclic) bond motifs is 2. The third kappa shape index (κ3) is 3.83. The van der Waals surface area contributed by atoms with Gasteiger partial charge in [-0.05, 0) is 50.9 Å². The van der Waals surface area contributed by atoms with Crippen molar-refractivity contribution in [3.8, 4) is 0 Å². The van der Waals surface area contributed by atoms with Crippen LogP contribution in [-0.2, 0) is 16.0 Å². The molecule has 2 fully saturated rings. The smallest absolute Gasteiger partial charge is 0.309 e. The molecule has 5 nitrogen and oxygen atoms in total. The van der Waals surface area contributed by atoms with Gasteiger partial charge in [-0.25, -0.2) is 0 Å². The standard InChI is InChI=1S/C17H24N2O3/c1-11(4-15-10-18-2-3-19-15)22-17(21)14-6-12-5-13(7-14)9-16(20)8-12/h2-3,10-14,16,20H,4-9H2,1H3/t11?,12-,13+,14?,16?. The molecular formula is C17H24N2O3. The molecule has 0 aromatic carbocycles. The zero-order valence-corrected chi connectivity index (χ0v) is 13.0. The summed E-state index contributed by atoms with van der Waals surface area (Å²) in [6, 6.07) is 0. The second-order valence-electron chi connectivity index (χ2n) is 6.91. The minimum atomic E-state index is -0.184. The van der Waals surface area contributed by atoms with Crippen molar-refractivity contribution in [2.45, 2.75) is 57.7 Å². The lowest BCUT2D eigenvalue weighted by atomic mass is 9.67. The van der Waals surface area contributed by atoms with Crippen LogP contribution < -0.4 is 0 Å². The van der Waals surface area contributed by atoms with Crippen LogP contribution in [0.1, 0.15) is 44.7 Å². The third-order valence-electron chi connectivity index (χ3n) is 4.88. The Labute approximate surface area is 131 Å². The Morgan fingerprint density at radius 2 is 2.00 bits per heavy atom. The minimum Gasteiger partial charge on any atom is -0.462 e. The summed E-state index contributed by atoms with van der Waals surface area (Å²) in [5.74, 6) is 0.883. The van der Waals surface area contributed by atoms with E-state index >= 15 is 0 Å². The van der Waals surface area contributed by atoms with Gasteiger partial charge in [-0.2, -0.15) is 0 Å². The van der Waals surface area contributed by atoms with Crippen molar-refractivity contribution >= 4 is 5.97 Å². The van der Waals surface area contributed by atoms with Crippen LogP contribution in [0.5, 0.6) is 0 Å². The van der Waals surface area contributed by atoms with Crippen molar-refractivity contribution in [2.24, 2.45) is 17.8 Å². The highest BCUT2D eigenvalue weighted by Gasteiger charge is 2.39. The fourth-order valence-corrected chi connectivity index (χ4v) is 4.07. The van der Waals surface area contributed by atoms with Crippen molar-refractivity contribution in [1.82, 2.24) is 9.97 Å². The maximum absolute atomic E-state index is 12.4. The number of carbonyl (C=O) groups is 1. The maximum atomic E-state index is 12.4. The van der Waals surface area contributed by atoms with Gasteiger partial charge < -0.3 is 9.84 Å². The number of hydrogen-bond donors (Lipinski definition) is 1. The second kappa shape index (κ2) is 6.73. The van der Waals surface area contributed by atoms with Crippen LogP contribution in [0, 0.1) is 17.8 Å². The van der Waals surface area contributed by atoms with Crippen LogP contribution in [0.15, 0.2) is 18.6 Å². The van der Waals surface area contributed by atoms with E-state index in [1.54, 1.807) is 18.6 Å². The fraction of sp³-hybridized carbons (Fsp3) is 0.706. The van der Waals surface area contributed by atoms with Gasteiger partial charge in [-0.15, -0.1) is 0 Å². The average Bonchev–Trinajstić information content (AvgIpc) is 2.46. The van der Waals surface area contributed by atoms with Gasteiger partial charge in [-0.1, -0.05) is 0 Å². The van der Waals surface area contributed by atoms with E-state index in [-0.39, 0.29) is 24.1 Å². The third-order valence-corrected chi connectivity index (χ3v) is 4.88. The van der Waals surface area contributed by atoms with Crippen LogP contribution in [0.25, 0.3) is 0 Å². The summed E-state index contributed by atoms with van der Waals surface area (Å²) in [7, 11) is 0. The maximum Gasteiger partial charge on any atom is 0.309 e. The number of carbonyl (C=O) groups excluding carboxylic acids is 1. The first-order chi connectivity index (χ1) is 10.6. The molecule has 2 bridgehead atoms. The number of aliphatic hydroxyl groups is 1. The largest absolute Gasteiger partial charge is 0.462 e. The molecule has 1 aromatic rings. The van der Waals surface area contributed by atoms with E-state index in [1.165, 1.54) is 0 Å². The summed E-state index contributed by atoms with van der Waals surface area (Å²) in [6.07, 6.45) is 9.81. The first kappa shape index (κ1) is 15.4. The second-order valence-corrected chi connectivity index (χ2v) is 6.91. The molecule has 3 unspecified atom stereocenters. The summed E-state index contributed by atoms with van der Waals surface area (Å²) in [5, 5.41) is 9.82. The van der Waals surface area contributed by atoms with Gasteiger partial charge in [0.1, 0.15) is 6.10 Å². The van der Waals surface area contributed by atoms with E-state index in [4.69, 9.17) is 4.74 Å². The van der Waals surface area contributed by atoms with Crippen molar-refractivity contribution in [1.29, 1.82) is 0 Å². The normalized spacial score (nSPS) is 32.3. The van der Waals surface area contributed by atoms with Crippen LogP contribution in [0.2, 0.25) is 0 Å². The zero-order chi connectivity index (χ0) is 15.5. The molecule has 0 radical (unpaired) electrons. The highest BCUT2D eigenvalue weighted by Crippen LogP contribution is 2.43. The van der Waals surface area contributed by atoms with E-state index in [0.29, 0.717) is 18.3 Å². The van der Waals surface area contributed by atoms with Crippen molar-refractivity contribution in [2.75, 3.05) is 0 Å². The first-order valence-electron chi connectivity index (χ1n) is 8.23. The molecule has 5 heteroatoms. The van der Waals surface area contributed by atoms with E-state index < -0.39 is 0 Å². The van der Waals surface area contributed by atoms with Crippen LogP contribution in [-0.4, -0.2) is 33.3 Å². The number of esters is 1. The zero-order valence-electron chi connectivity index (χ0n) is 13.0. The molecule has 1 aromatic heterocycles. The number of aliphatic hydroxyl groups excluding tert-OH is 1. The predicted octanol–water partition coefficient (Wildman–Crippen LogP) is 2.14. The Kier molecular flexibility index (Phi) is 4.71. The average molecular weight is 304 g/mol. The number of rotatable bonds is 4. The number of aromatic nitrogens is 2. The Balaban J connectivity index is 1.51. The Hall–Kier alpha value is -1.49. The lowest BCUT2D eigenvalue weighted by molar-refractivity contribution is -0.156. The number of hydrogen-bond acceptors (Lipinski definition) is 5. The van der Waals surface area contributed by atoms with Gasteiger partial charge in [0.05, 0.1) is 17.7 Å². The minimum absolute atomic E-state index is 0.000516. The summed E-state index contributed by atoms with van der Waals surface area (Å²) in [5.41, 5.74) is 0.839. The SMILES string of the molecule is CC(Cc1cnccn1)OC(=O)C1C[C@H]2CC(O)C[C@@H](C1)C2. The summed E-state index contributed by atoms with van der Waals surface area (Å²) >= 11 is 0. The first-order valence-corrected chi connectivity index (χ1v) is 8.23. The number of nitrogens with zero attached hydrogens (tertiary/aromatic N) is 2. The lowest BCUT2D eigenvalue weighted by Crippen LogP contribution is -2.37. The predicted molar refractivity (Wildman–Crippen MR) is 80.9 cm³/mol. The summed E-state index contributed by atoms with van der Waals surface area (Å²) in [4.78, 5) is 20.6. The molecule has 0 saturated heterocycles. The Morgan fingerprint density at radius 1 is 1.27 bits per heavy atom. The van der Waals surface area contributed by atoms with Gasteiger partial charge in [0.25, 0.3) is 0 Å². The van der Waals surface area contributed by atoms with Crippen LogP contribution in [0.3, 0.4) is 0 Å². The molecule has 22 heavy (non-hydrogen) atoms. The van der Waals surface area contributed by atoms with E-state index in [0.717, 1.165) is 37.8 Å². The van der Waals surface area contributed by atoms with Crippen molar-refractivity contribution < 1.29 is 14.6 Å². The summed E-state index contributed by atoms with van der Waals surface area (Å²) in [6.45, 7) is 1.90. The monoisotopic (exact) mass is 304 g/mol. The fourth-order valence-electron chi connectivity index (χ4n) is 4.07. The van der Waals surface area contributed by atoms with Crippen molar-refractivity contribution in [3.63, 3.8) is 0 Å². The molecule has 120 valence electrons. The van der Waals surface area contributed by atoms with Gasteiger partial charge >= 0.3 is 5.97 Å². The van der Waals surface area contributed by atoms with Gasteiger partial charge in [0.2, 0.25) is 0 Å². The summed E-state index contributed by atoms with van der Waals surface area (Å²) < 4.78 is 5.62. The molecule has 0 aliphatic heterocycles. The Morgan fingerprint density at radius 3 is 2.64 bits per heavy atom. The highest BCUT2D eigenvalue weighted by atomic mass is 16.5. The lowest BCUT2D eigenvalue weighted by Gasteiger charge is -2.40. The van der Waals surface area contributed by atoms with Gasteiger partial charge in [0.15, 0.2) is 0 Å². The molecule has 2 aliphatic rings. The highest BCUT2D eigenvalue weighted by molar-refractivity contribution is 5.72.